The maximum atomic E-state index is 5.91. The molecule has 0 aromatic heterocycles. The van der Waals surface area contributed by atoms with Crippen LogP contribution < -0.4 is 5.32 Å². The molecule has 0 saturated heterocycles. The van der Waals surface area contributed by atoms with Gasteiger partial charge in [0.25, 0.3) is 0 Å². The van der Waals surface area contributed by atoms with Gasteiger partial charge in [0.1, 0.15) is 0 Å². The lowest BCUT2D eigenvalue weighted by Crippen LogP contribution is -2.33. The SMILES string of the molecule is CCCC(NC(C)COC)c1ccc(Cl)cc1. The zero-order valence-corrected chi connectivity index (χ0v) is 11.6. The average molecular weight is 256 g/mol. The molecule has 2 unspecified atom stereocenters. The molecule has 0 bridgehead atoms. The molecule has 0 aliphatic carbocycles. The van der Waals surface area contributed by atoms with E-state index in [1.54, 1.807) is 7.11 Å². The molecule has 0 aliphatic rings. The van der Waals surface area contributed by atoms with E-state index in [9.17, 15) is 0 Å². The number of rotatable bonds is 7. The molecular formula is C14H22ClNO. The van der Waals surface area contributed by atoms with Crippen LogP contribution >= 0.6 is 11.6 Å². The number of hydrogen-bond donors (Lipinski definition) is 1. The summed E-state index contributed by atoms with van der Waals surface area (Å²) in [5.41, 5.74) is 1.29. The quantitative estimate of drug-likeness (QED) is 0.800. The van der Waals surface area contributed by atoms with Crippen molar-refractivity contribution in [1.29, 1.82) is 0 Å². The topological polar surface area (TPSA) is 21.3 Å². The summed E-state index contributed by atoms with van der Waals surface area (Å²) in [7, 11) is 1.73. The number of hydrogen-bond acceptors (Lipinski definition) is 2. The van der Waals surface area contributed by atoms with E-state index < -0.39 is 0 Å². The molecule has 0 fully saturated rings. The molecule has 1 N–H and O–H groups in total. The molecule has 96 valence electrons. The summed E-state index contributed by atoms with van der Waals surface area (Å²) in [5, 5.41) is 4.37. The van der Waals surface area contributed by atoms with Crippen LogP contribution in [0.25, 0.3) is 0 Å². The lowest BCUT2D eigenvalue weighted by atomic mass is 10.0. The smallest absolute Gasteiger partial charge is 0.0613 e. The van der Waals surface area contributed by atoms with Crippen LogP contribution in [0, 0.1) is 0 Å². The lowest BCUT2D eigenvalue weighted by molar-refractivity contribution is 0.165. The third-order valence-electron chi connectivity index (χ3n) is 2.75. The summed E-state index contributed by atoms with van der Waals surface area (Å²) < 4.78 is 5.15. The predicted octanol–water partition coefficient (Wildman–Crippen LogP) is 3.81. The molecule has 0 radical (unpaired) electrons. The Kier molecular flexibility index (Phi) is 6.56. The normalized spacial score (nSPS) is 14.6. The molecule has 0 aliphatic heterocycles. The second-order valence-corrected chi connectivity index (χ2v) is 4.85. The van der Waals surface area contributed by atoms with Crippen molar-refractivity contribution in [2.75, 3.05) is 13.7 Å². The first-order valence-electron chi connectivity index (χ1n) is 6.17. The Morgan fingerprint density at radius 1 is 1.29 bits per heavy atom. The van der Waals surface area contributed by atoms with E-state index in [1.807, 2.05) is 12.1 Å². The predicted molar refractivity (Wildman–Crippen MR) is 73.6 cm³/mol. The van der Waals surface area contributed by atoms with Crippen molar-refractivity contribution in [3.8, 4) is 0 Å². The molecule has 1 aromatic carbocycles. The minimum atomic E-state index is 0.354. The minimum Gasteiger partial charge on any atom is -0.383 e. The zero-order chi connectivity index (χ0) is 12.7. The monoisotopic (exact) mass is 255 g/mol. The van der Waals surface area contributed by atoms with Crippen LogP contribution in [0.1, 0.15) is 38.3 Å². The Morgan fingerprint density at radius 3 is 2.47 bits per heavy atom. The minimum absolute atomic E-state index is 0.354. The highest BCUT2D eigenvalue weighted by Crippen LogP contribution is 2.21. The molecule has 2 nitrogen and oxygen atoms in total. The fraction of sp³-hybridized carbons (Fsp3) is 0.571. The van der Waals surface area contributed by atoms with Gasteiger partial charge in [-0.25, -0.2) is 0 Å². The number of benzene rings is 1. The first-order valence-corrected chi connectivity index (χ1v) is 6.55. The van der Waals surface area contributed by atoms with Crippen LogP contribution in [0.4, 0.5) is 0 Å². The van der Waals surface area contributed by atoms with Crippen molar-refractivity contribution in [2.24, 2.45) is 0 Å². The van der Waals surface area contributed by atoms with Gasteiger partial charge < -0.3 is 10.1 Å². The first-order chi connectivity index (χ1) is 8.17. The number of ether oxygens (including phenoxy) is 1. The summed E-state index contributed by atoms with van der Waals surface area (Å²) in [6, 6.07) is 8.81. The fourth-order valence-electron chi connectivity index (χ4n) is 1.97. The van der Waals surface area contributed by atoms with Gasteiger partial charge in [-0.15, -0.1) is 0 Å². The summed E-state index contributed by atoms with van der Waals surface area (Å²) in [5.74, 6) is 0. The van der Waals surface area contributed by atoms with E-state index in [-0.39, 0.29) is 0 Å². The van der Waals surface area contributed by atoms with Gasteiger partial charge >= 0.3 is 0 Å². The average Bonchev–Trinajstić information content (AvgIpc) is 2.30. The summed E-state index contributed by atoms with van der Waals surface area (Å²) in [4.78, 5) is 0. The summed E-state index contributed by atoms with van der Waals surface area (Å²) in [6.45, 7) is 5.07. The van der Waals surface area contributed by atoms with Gasteiger partial charge in [-0.05, 0) is 31.0 Å². The Labute approximate surface area is 109 Å². The van der Waals surface area contributed by atoms with Gasteiger partial charge in [0.05, 0.1) is 6.61 Å². The van der Waals surface area contributed by atoms with Crippen molar-refractivity contribution in [3.05, 3.63) is 34.9 Å². The Morgan fingerprint density at radius 2 is 1.94 bits per heavy atom. The maximum absolute atomic E-state index is 5.91. The van der Waals surface area contributed by atoms with E-state index in [4.69, 9.17) is 16.3 Å². The third kappa shape index (κ3) is 5.07. The van der Waals surface area contributed by atoms with Crippen molar-refractivity contribution < 1.29 is 4.74 Å². The lowest BCUT2D eigenvalue weighted by Gasteiger charge is -2.23. The molecule has 17 heavy (non-hydrogen) atoms. The summed E-state index contributed by atoms with van der Waals surface area (Å²) >= 11 is 5.91. The van der Waals surface area contributed by atoms with Crippen molar-refractivity contribution in [1.82, 2.24) is 5.32 Å². The molecule has 2 atom stereocenters. The Bertz CT molecular complexity index is 313. The van der Waals surface area contributed by atoms with Crippen molar-refractivity contribution in [2.45, 2.75) is 38.8 Å². The van der Waals surface area contributed by atoms with Crippen molar-refractivity contribution >= 4 is 11.6 Å². The highest BCUT2D eigenvalue weighted by atomic mass is 35.5. The number of nitrogens with one attached hydrogen (secondary N) is 1. The molecule has 0 heterocycles. The van der Waals surface area contributed by atoms with Crippen LogP contribution in [0.15, 0.2) is 24.3 Å². The summed E-state index contributed by atoms with van der Waals surface area (Å²) in [6.07, 6.45) is 2.27. The third-order valence-corrected chi connectivity index (χ3v) is 3.00. The van der Waals surface area contributed by atoms with E-state index in [2.05, 4.69) is 31.3 Å². The first kappa shape index (κ1) is 14.5. The highest BCUT2D eigenvalue weighted by molar-refractivity contribution is 6.30. The van der Waals surface area contributed by atoms with E-state index in [0.717, 1.165) is 24.5 Å². The second kappa shape index (κ2) is 7.70. The standard InChI is InChI=1S/C14H22ClNO/c1-4-5-14(16-11(2)10-17-3)12-6-8-13(15)9-7-12/h6-9,11,14,16H,4-5,10H2,1-3H3. The van der Waals surface area contributed by atoms with Crippen LogP contribution in [-0.2, 0) is 4.74 Å². The molecule has 0 spiro atoms. The van der Waals surface area contributed by atoms with Gasteiger partial charge in [0, 0.05) is 24.2 Å². The molecule has 0 saturated carbocycles. The van der Waals surface area contributed by atoms with Crippen LogP contribution in [0.5, 0.6) is 0 Å². The van der Waals surface area contributed by atoms with Crippen molar-refractivity contribution in [3.63, 3.8) is 0 Å². The van der Waals surface area contributed by atoms with E-state index in [0.29, 0.717) is 12.1 Å². The maximum Gasteiger partial charge on any atom is 0.0613 e. The molecule has 3 heteroatoms. The van der Waals surface area contributed by atoms with Gasteiger partial charge in [-0.1, -0.05) is 37.1 Å². The van der Waals surface area contributed by atoms with Crippen LogP contribution in [-0.4, -0.2) is 19.8 Å². The van der Waals surface area contributed by atoms with E-state index in [1.165, 1.54) is 5.56 Å². The van der Waals surface area contributed by atoms with Crippen LogP contribution in [0.3, 0.4) is 0 Å². The van der Waals surface area contributed by atoms with Gasteiger partial charge in [-0.2, -0.15) is 0 Å². The fourth-order valence-corrected chi connectivity index (χ4v) is 2.10. The molecule has 1 aromatic rings. The Hall–Kier alpha value is -0.570. The van der Waals surface area contributed by atoms with Crippen LogP contribution in [0.2, 0.25) is 5.02 Å². The Balaban J connectivity index is 2.67. The number of halogens is 1. The van der Waals surface area contributed by atoms with Gasteiger partial charge in [0.15, 0.2) is 0 Å². The highest BCUT2D eigenvalue weighted by Gasteiger charge is 2.13. The molecule has 0 amide bonds. The van der Waals surface area contributed by atoms with E-state index >= 15 is 0 Å². The van der Waals surface area contributed by atoms with Gasteiger partial charge in [-0.3, -0.25) is 0 Å². The largest absolute Gasteiger partial charge is 0.383 e. The zero-order valence-electron chi connectivity index (χ0n) is 10.9. The molecule has 1 rings (SSSR count). The van der Waals surface area contributed by atoms with Gasteiger partial charge in [0.2, 0.25) is 0 Å². The second-order valence-electron chi connectivity index (χ2n) is 4.42. The molecular weight excluding hydrogens is 234 g/mol. The number of methoxy groups -OCH3 is 1.